The molecular formula is C27H39N3O6S. The Morgan fingerprint density at radius 1 is 1.03 bits per heavy atom. The number of hydrogen-bond donors (Lipinski definition) is 1. The third-order valence-corrected chi connectivity index (χ3v) is 7.28. The molecular weight excluding hydrogens is 494 g/mol. The van der Waals surface area contributed by atoms with Crippen LogP contribution in [0, 0.1) is 6.92 Å². The summed E-state index contributed by atoms with van der Waals surface area (Å²) in [5.74, 6) is -0.0553. The number of aryl methyl sites for hydroxylation is 1. The molecule has 0 spiro atoms. The van der Waals surface area contributed by atoms with Crippen molar-refractivity contribution in [2.75, 3.05) is 31.3 Å². The third kappa shape index (κ3) is 8.11. The molecule has 2 amide bonds. The van der Waals surface area contributed by atoms with Gasteiger partial charge in [-0.3, -0.25) is 13.9 Å². The van der Waals surface area contributed by atoms with E-state index in [2.05, 4.69) is 5.32 Å². The van der Waals surface area contributed by atoms with Gasteiger partial charge in [0, 0.05) is 18.7 Å². The molecule has 9 nitrogen and oxygen atoms in total. The van der Waals surface area contributed by atoms with Crippen molar-refractivity contribution in [3.8, 4) is 11.5 Å². The third-order valence-electron chi connectivity index (χ3n) is 6.16. The molecule has 0 aliphatic carbocycles. The first kappa shape index (κ1) is 30.0. The van der Waals surface area contributed by atoms with Gasteiger partial charge in [0.25, 0.3) is 0 Å². The number of nitrogens with zero attached hydrogens (tertiary/aromatic N) is 2. The second kappa shape index (κ2) is 13.3. The van der Waals surface area contributed by atoms with Crippen molar-refractivity contribution in [3.63, 3.8) is 0 Å². The summed E-state index contributed by atoms with van der Waals surface area (Å²) in [5, 5.41) is 2.96. The molecule has 0 fully saturated rings. The van der Waals surface area contributed by atoms with E-state index in [0.29, 0.717) is 12.2 Å². The Labute approximate surface area is 220 Å². The molecule has 0 bridgehead atoms. The van der Waals surface area contributed by atoms with Crippen molar-refractivity contribution in [2.24, 2.45) is 0 Å². The van der Waals surface area contributed by atoms with E-state index in [1.807, 2.05) is 52.0 Å². The van der Waals surface area contributed by atoms with Gasteiger partial charge in [-0.2, -0.15) is 0 Å². The topological polar surface area (TPSA) is 105 Å². The summed E-state index contributed by atoms with van der Waals surface area (Å²) in [5.41, 5.74) is 2.06. The summed E-state index contributed by atoms with van der Waals surface area (Å²) in [6.45, 7) is 7.30. The van der Waals surface area contributed by atoms with Gasteiger partial charge in [-0.25, -0.2) is 8.42 Å². The maximum atomic E-state index is 13.8. The van der Waals surface area contributed by atoms with Crippen molar-refractivity contribution in [1.29, 1.82) is 0 Å². The minimum absolute atomic E-state index is 0.0615. The molecule has 0 aliphatic rings. The SMILES string of the molecule is CCC(C)NC(=O)C(CC)N(Cc1cccc(C)c1)C(=O)CN(c1ccc(OC)cc1OC)S(C)(=O)=O. The van der Waals surface area contributed by atoms with Gasteiger partial charge in [-0.15, -0.1) is 0 Å². The number of amides is 2. The minimum Gasteiger partial charge on any atom is -0.497 e. The maximum absolute atomic E-state index is 13.8. The van der Waals surface area contributed by atoms with Crippen LogP contribution in [0.4, 0.5) is 5.69 Å². The lowest BCUT2D eigenvalue weighted by Crippen LogP contribution is -2.53. The van der Waals surface area contributed by atoms with E-state index in [0.717, 1.165) is 28.1 Å². The average Bonchev–Trinajstić information content (AvgIpc) is 2.85. The lowest BCUT2D eigenvalue weighted by atomic mass is 10.1. The Morgan fingerprint density at radius 2 is 1.73 bits per heavy atom. The fourth-order valence-corrected chi connectivity index (χ4v) is 4.81. The minimum atomic E-state index is -3.89. The van der Waals surface area contributed by atoms with Crippen LogP contribution >= 0.6 is 0 Å². The Morgan fingerprint density at radius 3 is 2.27 bits per heavy atom. The van der Waals surface area contributed by atoms with Gasteiger partial charge in [0.15, 0.2) is 0 Å². The first-order chi connectivity index (χ1) is 17.4. The van der Waals surface area contributed by atoms with Crippen molar-refractivity contribution in [1.82, 2.24) is 10.2 Å². The molecule has 0 saturated heterocycles. The van der Waals surface area contributed by atoms with Crippen molar-refractivity contribution >= 4 is 27.5 Å². The highest BCUT2D eigenvalue weighted by atomic mass is 32.2. The van der Waals surface area contributed by atoms with Gasteiger partial charge in [0.2, 0.25) is 21.8 Å². The number of anilines is 1. The second-order valence-corrected chi connectivity index (χ2v) is 11.0. The van der Waals surface area contributed by atoms with Crippen LogP contribution < -0.4 is 19.1 Å². The van der Waals surface area contributed by atoms with E-state index < -0.39 is 28.5 Å². The molecule has 0 aliphatic heterocycles. The molecule has 204 valence electrons. The van der Waals surface area contributed by atoms with E-state index in [1.54, 1.807) is 12.1 Å². The van der Waals surface area contributed by atoms with Crippen LogP contribution in [-0.2, 0) is 26.2 Å². The van der Waals surface area contributed by atoms with E-state index >= 15 is 0 Å². The molecule has 2 aromatic carbocycles. The number of hydrogen-bond acceptors (Lipinski definition) is 6. The molecule has 37 heavy (non-hydrogen) atoms. The Balaban J connectivity index is 2.51. The van der Waals surface area contributed by atoms with Crippen LogP contribution in [0.5, 0.6) is 11.5 Å². The van der Waals surface area contributed by atoms with Gasteiger partial charge < -0.3 is 19.7 Å². The van der Waals surface area contributed by atoms with Crippen LogP contribution in [0.1, 0.15) is 44.7 Å². The summed E-state index contributed by atoms with van der Waals surface area (Å²) in [6.07, 6.45) is 2.14. The summed E-state index contributed by atoms with van der Waals surface area (Å²) >= 11 is 0. The molecule has 2 aromatic rings. The summed E-state index contributed by atoms with van der Waals surface area (Å²) in [6, 6.07) is 11.5. The molecule has 0 radical (unpaired) electrons. The average molecular weight is 534 g/mol. The van der Waals surface area contributed by atoms with Gasteiger partial charge in [0.05, 0.1) is 26.2 Å². The maximum Gasteiger partial charge on any atom is 0.244 e. The highest BCUT2D eigenvalue weighted by Crippen LogP contribution is 2.33. The molecule has 0 heterocycles. The van der Waals surface area contributed by atoms with Crippen LogP contribution in [0.25, 0.3) is 0 Å². The van der Waals surface area contributed by atoms with Gasteiger partial charge in [0.1, 0.15) is 24.1 Å². The van der Waals surface area contributed by atoms with Crippen LogP contribution in [0.2, 0.25) is 0 Å². The first-order valence-corrected chi connectivity index (χ1v) is 14.1. The summed E-state index contributed by atoms with van der Waals surface area (Å²) in [4.78, 5) is 28.5. The Bertz CT molecular complexity index is 1180. The second-order valence-electron chi connectivity index (χ2n) is 9.06. The molecule has 0 saturated carbocycles. The molecule has 0 aromatic heterocycles. The van der Waals surface area contributed by atoms with Crippen LogP contribution in [0.3, 0.4) is 0 Å². The first-order valence-electron chi connectivity index (χ1n) is 12.3. The fraction of sp³-hybridized carbons (Fsp3) is 0.481. The summed E-state index contributed by atoms with van der Waals surface area (Å²) < 4.78 is 37.3. The predicted molar refractivity (Wildman–Crippen MR) is 145 cm³/mol. The van der Waals surface area contributed by atoms with E-state index in [9.17, 15) is 18.0 Å². The van der Waals surface area contributed by atoms with E-state index in [4.69, 9.17) is 9.47 Å². The number of rotatable bonds is 13. The number of carbonyl (C=O) groups is 2. The zero-order chi connectivity index (χ0) is 27.8. The molecule has 2 unspecified atom stereocenters. The molecule has 2 atom stereocenters. The lowest BCUT2D eigenvalue weighted by molar-refractivity contribution is -0.140. The smallest absolute Gasteiger partial charge is 0.244 e. The normalized spacial score (nSPS) is 12.8. The van der Waals surface area contributed by atoms with Crippen LogP contribution in [-0.4, -0.2) is 64.2 Å². The van der Waals surface area contributed by atoms with E-state index in [-0.39, 0.29) is 29.9 Å². The number of methoxy groups -OCH3 is 2. The number of ether oxygens (including phenoxy) is 2. The van der Waals surface area contributed by atoms with Crippen molar-refractivity contribution in [3.05, 3.63) is 53.6 Å². The lowest BCUT2D eigenvalue weighted by Gasteiger charge is -2.33. The molecule has 2 rings (SSSR count). The largest absolute Gasteiger partial charge is 0.497 e. The van der Waals surface area contributed by atoms with Crippen molar-refractivity contribution in [2.45, 2.75) is 59.2 Å². The van der Waals surface area contributed by atoms with Crippen LogP contribution in [0.15, 0.2) is 42.5 Å². The van der Waals surface area contributed by atoms with Gasteiger partial charge in [-0.05, 0) is 44.4 Å². The van der Waals surface area contributed by atoms with E-state index in [1.165, 1.54) is 25.2 Å². The predicted octanol–water partition coefficient (Wildman–Crippen LogP) is 3.50. The number of carbonyl (C=O) groups excluding carboxylic acids is 2. The van der Waals surface area contributed by atoms with Gasteiger partial charge in [-0.1, -0.05) is 43.7 Å². The van der Waals surface area contributed by atoms with Gasteiger partial charge >= 0.3 is 0 Å². The Hall–Kier alpha value is -3.27. The number of benzene rings is 2. The standard InChI is InChI=1S/C27H39N3O6S/c1-8-20(4)28-27(32)23(9-2)29(17-21-12-10-11-19(3)15-21)26(31)18-30(37(7,33)34)24-14-13-22(35-5)16-25(24)36-6/h10-16,20,23H,8-9,17-18H2,1-7H3,(H,28,32). The number of sulfonamides is 1. The fourth-order valence-electron chi connectivity index (χ4n) is 3.95. The zero-order valence-corrected chi connectivity index (χ0v) is 23.6. The highest BCUT2D eigenvalue weighted by Gasteiger charge is 2.33. The molecule has 1 N–H and O–H groups in total. The number of nitrogens with one attached hydrogen (secondary N) is 1. The monoisotopic (exact) mass is 533 g/mol. The van der Waals surface area contributed by atoms with Crippen molar-refractivity contribution < 1.29 is 27.5 Å². The highest BCUT2D eigenvalue weighted by molar-refractivity contribution is 7.92. The summed E-state index contributed by atoms with van der Waals surface area (Å²) in [7, 11) is -0.985. The Kier molecular flexibility index (Phi) is 10.8. The zero-order valence-electron chi connectivity index (χ0n) is 22.8. The molecule has 10 heteroatoms. The quantitative estimate of drug-likeness (QED) is 0.423.